The van der Waals surface area contributed by atoms with Crippen molar-refractivity contribution in [3.8, 4) is 0 Å². The number of carbonyl (C=O) groups is 1. The maximum Gasteiger partial charge on any atom is 0.211 e. The summed E-state index contributed by atoms with van der Waals surface area (Å²) < 4.78 is 0. The summed E-state index contributed by atoms with van der Waals surface area (Å²) in [5.41, 5.74) is 5.16. The number of hydrogen-bond donors (Lipinski definition) is 2. The van der Waals surface area contributed by atoms with Crippen molar-refractivity contribution < 1.29 is 9.90 Å². The highest BCUT2D eigenvalue weighted by molar-refractivity contribution is 5.90. The van der Waals surface area contributed by atoms with Gasteiger partial charge in [0.2, 0.25) is 6.41 Å². The van der Waals surface area contributed by atoms with Crippen LogP contribution in [0.1, 0.15) is 45.6 Å². The van der Waals surface area contributed by atoms with Gasteiger partial charge in [0, 0.05) is 42.0 Å². The summed E-state index contributed by atoms with van der Waals surface area (Å²) in [6.45, 7) is 10.2. The number of aliphatic imine (C=N–C) groups is 1. The number of allylic oxidation sites excluding steroid dienone is 5. The molecule has 0 spiro atoms. The van der Waals surface area contributed by atoms with Crippen LogP contribution in [0.3, 0.4) is 0 Å². The van der Waals surface area contributed by atoms with Crippen molar-refractivity contribution in [2.45, 2.75) is 47.0 Å². The largest absolute Gasteiger partial charge is 0.395 e. The van der Waals surface area contributed by atoms with E-state index in [0.29, 0.717) is 6.54 Å². The van der Waals surface area contributed by atoms with E-state index < -0.39 is 0 Å². The monoisotopic (exact) mass is 423 g/mol. The first kappa shape index (κ1) is 24.6. The fraction of sp³-hybridized carbons (Fsp3) is 0.462. The Morgan fingerprint density at radius 3 is 2.74 bits per heavy atom. The second kappa shape index (κ2) is 12.9. The molecule has 2 unspecified atom stereocenters. The standard InChI is InChI=1S/C26H37N3O2/c1-5-7-15-29(16-17-30)22-14-13-20(3)26(18-22)28-24(6-2)21(4)23-11-9-8-10-12-25(23)27-19-31/h8-14,18-19,21,23,30H,5-7,15-17H2,1-4H3,(H,27,31). The van der Waals surface area contributed by atoms with E-state index >= 15 is 0 Å². The third-order valence-electron chi connectivity index (χ3n) is 5.80. The minimum atomic E-state index is 0.0535. The van der Waals surface area contributed by atoms with Crippen LogP contribution in [0, 0.1) is 18.8 Å². The number of nitrogens with zero attached hydrogens (tertiary/aromatic N) is 2. The number of rotatable bonds is 12. The molecule has 0 fully saturated rings. The minimum Gasteiger partial charge on any atom is -0.395 e. The first-order valence-corrected chi connectivity index (χ1v) is 11.3. The normalized spacial score (nSPS) is 17.1. The van der Waals surface area contributed by atoms with Gasteiger partial charge in [0.25, 0.3) is 0 Å². The summed E-state index contributed by atoms with van der Waals surface area (Å²) in [5.74, 6) is 0.189. The third-order valence-corrected chi connectivity index (χ3v) is 5.80. The van der Waals surface area contributed by atoms with Crippen LogP contribution in [0.5, 0.6) is 0 Å². The van der Waals surface area contributed by atoms with Gasteiger partial charge in [-0.05, 0) is 43.5 Å². The highest BCUT2D eigenvalue weighted by atomic mass is 16.3. The molecule has 31 heavy (non-hydrogen) atoms. The zero-order valence-electron chi connectivity index (χ0n) is 19.3. The van der Waals surface area contributed by atoms with E-state index in [4.69, 9.17) is 4.99 Å². The van der Waals surface area contributed by atoms with Gasteiger partial charge in [0.15, 0.2) is 0 Å². The molecule has 1 aliphatic carbocycles. The fourth-order valence-electron chi connectivity index (χ4n) is 3.89. The lowest BCUT2D eigenvalue weighted by molar-refractivity contribution is -0.109. The topological polar surface area (TPSA) is 64.9 Å². The van der Waals surface area contributed by atoms with Crippen LogP contribution < -0.4 is 10.2 Å². The van der Waals surface area contributed by atoms with Crippen LogP contribution in [-0.2, 0) is 4.79 Å². The molecule has 1 amide bonds. The SMILES string of the molecule is CCCCN(CCO)c1ccc(C)c(N=C(CC)C(C)C2C=CC=CC=C2NC=O)c1. The maximum absolute atomic E-state index is 11.1. The lowest BCUT2D eigenvalue weighted by Gasteiger charge is -2.26. The summed E-state index contributed by atoms with van der Waals surface area (Å²) in [4.78, 5) is 18.4. The molecule has 1 aromatic carbocycles. The van der Waals surface area contributed by atoms with Gasteiger partial charge in [-0.1, -0.05) is 57.6 Å². The lowest BCUT2D eigenvalue weighted by Crippen LogP contribution is -2.28. The summed E-state index contributed by atoms with van der Waals surface area (Å²) in [7, 11) is 0. The van der Waals surface area contributed by atoms with E-state index in [-0.39, 0.29) is 18.4 Å². The Hall–Kier alpha value is -2.66. The third kappa shape index (κ3) is 6.93. The van der Waals surface area contributed by atoms with E-state index in [0.717, 1.165) is 60.6 Å². The number of unbranched alkanes of at least 4 members (excludes halogenated alkanes) is 1. The molecule has 0 saturated carbocycles. The molecule has 2 rings (SSSR count). The van der Waals surface area contributed by atoms with Gasteiger partial charge < -0.3 is 15.3 Å². The predicted octanol–water partition coefficient (Wildman–Crippen LogP) is 5.08. The van der Waals surface area contributed by atoms with E-state index in [1.807, 2.05) is 24.3 Å². The molecule has 1 aromatic rings. The van der Waals surface area contributed by atoms with Gasteiger partial charge in [-0.2, -0.15) is 0 Å². The van der Waals surface area contributed by atoms with Gasteiger partial charge in [-0.25, -0.2) is 0 Å². The zero-order valence-corrected chi connectivity index (χ0v) is 19.3. The fourth-order valence-corrected chi connectivity index (χ4v) is 3.89. The number of benzene rings is 1. The molecular weight excluding hydrogens is 386 g/mol. The second-order valence-corrected chi connectivity index (χ2v) is 7.96. The molecule has 0 radical (unpaired) electrons. The Morgan fingerprint density at radius 2 is 2.06 bits per heavy atom. The number of aryl methyl sites for hydroxylation is 1. The summed E-state index contributed by atoms with van der Waals surface area (Å²) >= 11 is 0. The van der Waals surface area contributed by atoms with Crippen molar-refractivity contribution in [3.63, 3.8) is 0 Å². The van der Waals surface area contributed by atoms with E-state index in [9.17, 15) is 9.90 Å². The van der Waals surface area contributed by atoms with Gasteiger partial charge in [-0.15, -0.1) is 0 Å². The molecule has 2 atom stereocenters. The Labute approximate surface area is 187 Å². The summed E-state index contributed by atoms with van der Waals surface area (Å²) in [5, 5.41) is 12.4. The van der Waals surface area contributed by atoms with Crippen LogP contribution in [-0.4, -0.2) is 36.9 Å². The van der Waals surface area contributed by atoms with Crippen molar-refractivity contribution in [3.05, 3.63) is 59.8 Å². The van der Waals surface area contributed by atoms with Crippen molar-refractivity contribution >= 4 is 23.5 Å². The average Bonchev–Trinajstić information content (AvgIpc) is 3.01. The minimum absolute atomic E-state index is 0.0535. The van der Waals surface area contributed by atoms with Crippen molar-refractivity contribution in [1.82, 2.24) is 5.32 Å². The number of aliphatic hydroxyl groups excluding tert-OH is 1. The summed E-state index contributed by atoms with van der Waals surface area (Å²) in [6.07, 6.45) is 13.8. The Balaban J connectivity index is 2.37. The van der Waals surface area contributed by atoms with E-state index in [1.165, 1.54) is 0 Å². The molecule has 0 saturated heterocycles. The molecular formula is C26H37N3O2. The molecule has 0 aromatic heterocycles. The Kier molecular flexibility index (Phi) is 10.2. The van der Waals surface area contributed by atoms with Crippen molar-refractivity contribution in [1.29, 1.82) is 0 Å². The van der Waals surface area contributed by atoms with Crippen molar-refractivity contribution in [2.75, 3.05) is 24.6 Å². The molecule has 2 N–H and O–H groups in total. The van der Waals surface area contributed by atoms with Crippen LogP contribution in [0.25, 0.3) is 0 Å². The van der Waals surface area contributed by atoms with Crippen LogP contribution >= 0.6 is 0 Å². The number of amides is 1. The van der Waals surface area contributed by atoms with Crippen LogP contribution in [0.2, 0.25) is 0 Å². The van der Waals surface area contributed by atoms with Gasteiger partial charge in [0.1, 0.15) is 0 Å². The number of anilines is 1. The highest BCUT2D eigenvalue weighted by Crippen LogP contribution is 2.30. The zero-order chi connectivity index (χ0) is 22.6. The lowest BCUT2D eigenvalue weighted by atomic mass is 9.85. The van der Waals surface area contributed by atoms with Crippen LogP contribution in [0.4, 0.5) is 11.4 Å². The van der Waals surface area contributed by atoms with Crippen LogP contribution in [0.15, 0.2) is 59.3 Å². The Morgan fingerprint density at radius 1 is 1.26 bits per heavy atom. The molecule has 168 valence electrons. The number of nitrogens with one attached hydrogen (secondary N) is 1. The van der Waals surface area contributed by atoms with E-state index in [1.54, 1.807) is 0 Å². The molecule has 5 heteroatoms. The number of hydrogen-bond acceptors (Lipinski definition) is 4. The highest BCUT2D eigenvalue weighted by Gasteiger charge is 2.23. The maximum atomic E-state index is 11.1. The smallest absolute Gasteiger partial charge is 0.211 e. The van der Waals surface area contributed by atoms with Gasteiger partial charge in [0.05, 0.1) is 12.3 Å². The molecule has 0 aliphatic heterocycles. The molecule has 5 nitrogen and oxygen atoms in total. The predicted molar refractivity (Wildman–Crippen MR) is 131 cm³/mol. The second-order valence-electron chi connectivity index (χ2n) is 7.96. The molecule has 1 aliphatic rings. The first-order valence-electron chi connectivity index (χ1n) is 11.3. The van der Waals surface area contributed by atoms with Crippen molar-refractivity contribution in [2.24, 2.45) is 16.8 Å². The first-order chi connectivity index (χ1) is 15.0. The van der Waals surface area contributed by atoms with Gasteiger partial charge >= 0.3 is 0 Å². The van der Waals surface area contributed by atoms with E-state index in [2.05, 4.69) is 62.2 Å². The summed E-state index contributed by atoms with van der Waals surface area (Å²) in [6, 6.07) is 6.36. The molecule has 0 heterocycles. The number of carbonyl (C=O) groups excluding carboxylic acids is 1. The Bertz CT molecular complexity index is 839. The average molecular weight is 424 g/mol. The molecule has 0 bridgehead atoms. The number of aliphatic hydroxyl groups is 1. The van der Waals surface area contributed by atoms with Gasteiger partial charge in [-0.3, -0.25) is 9.79 Å². The quantitative estimate of drug-likeness (QED) is 0.364.